The molecule has 1 aliphatic rings. The van der Waals surface area contributed by atoms with Crippen LogP contribution >= 0.6 is 0 Å². The van der Waals surface area contributed by atoms with Crippen LogP contribution in [0.3, 0.4) is 0 Å². The molecule has 0 N–H and O–H groups in total. The fourth-order valence-corrected chi connectivity index (χ4v) is 5.65. The minimum Gasteiger partial charge on any atom is -0.308 e. The molecule has 0 aliphatic carbocycles. The first kappa shape index (κ1) is 24.4. The average Bonchev–Trinajstić information content (AvgIpc) is 3.47. The number of fused-ring (bicyclic) bond motifs is 4. The number of aromatic nitrogens is 1. The minimum atomic E-state index is -0.373. The zero-order valence-electron chi connectivity index (χ0n) is 22.0. The molecule has 1 aromatic heterocycles. The first-order valence-electron chi connectivity index (χ1n) is 13.2. The second-order valence-electron chi connectivity index (χ2n) is 10.1. The van der Waals surface area contributed by atoms with Crippen molar-refractivity contribution in [2.75, 3.05) is 7.05 Å². The fourth-order valence-electron chi connectivity index (χ4n) is 5.65. The summed E-state index contributed by atoms with van der Waals surface area (Å²) in [7, 11) is 1.48. The molecule has 0 saturated heterocycles. The van der Waals surface area contributed by atoms with Gasteiger partial charge in [0.15, 0.2) is 11.6 Å². The zero-order chi connectivity index (χ0) is 28.2. The quantitative estimate of drug-likeness (QED) is 0.188. The van der Waals surface area contributed by atoms with E-state index in [-0.39, 0.29) is 23.4 Å². The van der Waals surface area contributed by atoms with Gasteiger partial charge in [0.25, 0.3) is 11.8 Å². The molecule has 0 unspecified atom stereocenters. The molecule has 0 atom stereocenters. The molecule has 6 aromatic rings. The molecule has 196 valence electrons. The lowest BCUT2D eigenvalue weighted by atomic mass is 9.99. The number of hydrogen-bond acceptors (Lipinski definition) is 4. The van der Waals surface area contributed by atoms with Crippen LogP contribution in [0.15, 0.2) is 115 Å². The van der Waals surface area contributed by atoms with Crippen molar-refractivity contribution in [3.05, 3.63) is 149 Å². The van der Waals surface area contributed by atoms with E-state index in [0.717, 1.165) is 26.7 Å². The van der Waals surface area contributed by atoms with E-state index in [0.29, 0.717) is 39.1 Å². The van der Waals surface area contributed by atoms with Crippen molar-refractivity contribution in [2.45, 2.75) is 0 Å². The third-order valence-electron chi connectivity index (χ3n) is 7.70. The molecule has 6 heteroatoms. The summed E-state index contributed by atoms with van der Waals surface area (Å²) in [5.41, 5.74) is 4.89. The van der Waals surface area contributed by atoms with Crippen LogP contribution in [-0.2, 0) is 0 Å². The predicted octanol–water partition coefficient (Wildman–Crippen LogP) is 6.47. The Labute approximate surface area is 235 Å². The number of hydrogen-bond donors (Lipinski definition) is 0. The highest BCUT2D eigenvalue weighted by molar-refractivity contribution is 6.24. The van der Waals surface area contributed by atoms with E-state index in [1.807, 2.05) is 71.3 Å². The average molecular weight is 535 g/mol. The first-order chi connectivity index (χ1) is 19.9. The molecule has 2 heterocycles. The lowest BCUT2D eigenvalue weighted by molar-refractivity contribution is 0.0692. The lowest BCUT2D eigenvalue weighted by Crippen LogP contribution is -2.24. The summed E-state index contributed by atoms with van der Waals surface area (Å²) in [4.78, 5) is 53.9. The Hall–Kier alpha value is -5.62. The molecule has 6 nitrogen and oxygen atoms in total. The lowest BCUT2D eigenvalue weighted by Gasteiger charge is -2.12. The molecular weight excluding hydrogens is 512 g/mol. The second kappa shape index (κ2) is 9.24. The normalized spacial score (nSPS) is 12.8. The van der Waals surface area contributed by atoms with Crippen molar-refractivity contribution < 1.29 is 19.2 Å². The van der Waals surface area contributed by atoms with E-state index in [2.05, 4.69) is 0 Å². The van der Waals surface area contributed by atoms with Gasteiger partial charge in [-0.25, -0.2) is 0 Å². The van der Waals surface area contributed by atoms with Crippen LogP contribution in [0.5, 0.6) is 0 Å². The van der Waals surface area contributed by atoms with Crippen LogP contribution in [0.4, 0.5) is 0 Å². The summed E-state index contributed by atoms with van der Waals surface area (Å²) < 4.78 is 1.93. The molecular formula is C35H22N2O4. The number of benzene rings is 5. The number of carbonyl (C=O) groups excluding carboxylic acids is 4. The Balaban J connectivity index is 1.50. The van der Waals surface area contributed by atoms with Gasteiger partial charge in [-0.05, 0) is 48.5 Å². The van der Waals surface area contributed by atoms with Gasteiger partial charge in [0.1, 0.15) is 0 Å². The van der Waals surface area contributed by atoms with Crippen molar-refractivity contribution in [3.8, 4) is 5.69 Å². The molecule has 0 saturated carbocycles. The third kappa shape index (κ3) is 3.72. The zero-order valence-corrected chi connectivity index (χ0v) is 22.0. The highest BCUT2D eigenvalue weighted by atomic mass is 16.2. The summed E-state index contributed by atoms with van der Waals surface area (Å²) in [6, 6.07) is 34.3. The van der Waals surface area contributed by atoms with E-state index >= 15 is 0 Å². The molecule has 1 aliphatic heterocycles. The molecule has 0 radical (unpaired) electrons. The summed E-state index contributed by atoms with van der Waals surface area (Å²) >= 11 is 0. The Morgan fingerprint density at radius 2 is 1.05 bits per heavy atom. The molecule has 2 amide bonds. The Kier molecular flexibility index (Phi) is 5.51. The van der Waals surface area contributed by atoms with E-state index in [9.17, 15) is 19.2 Å². The Bertz CT molecular complexity index is 1970. The van der Waals surface area contributed by atoms with E-state index in [1.54, 1.807) is 48.5 Å². The van der Waals surface area contributed by atoms with Gasteiger partial charge >= 0.3 is 0 Å². The molecule has 0 fully saturated rings. The predicted molar refractivity (Wildman–Crippen MR) is 157 cm³/mol. The second-order valence-corrected chi connectivity index (χ2v) is 10.1. The van der Waals surface area contributed by atoms with Crippen LogP contribution in [0.1, 0.15) is 52.6 Å². The Morgan fingerprint density at radius 1 is 0.537 bits per heavy atom. The van der Waals surface area contributed by atoms with Crippen LogP contribution in [0, 0.1) is 0 Å². The van der Waals surface area contributed by atoms with E-state index < -0.39 is 0 Å². The topological polar surface area (TPSA) is 76.5 Å². The van der Waals surface area contributed by atoms with Gasteiger partial charge in [-0.3, -0.25) is 24.1 Å². The van der Waals surface area contributed by atoms with Crippen molar-refractivity contribution in [3.63, 3.8) is 0 Å². The van der Waals surface area contributed by atoms with Crippen LogP contribution in [0.2, 0.25) is 0 Å². The van der Waals surface area contributed by atoms with Gasteiger partial charge in [0.2, 0.25) is 0 Å². The number of nitrogens with zero attached hydrogens (tertiary/aromatic N) is 2. The Morgan fingerprint density at radius 3 is 1.56 bits per heavy atom. The van der Waals surface area contributed by atoms with Crippen molar-refractivity contribution in [2.24, 2.45) is 0 Å². The number of carbonyl (C=O) groups is 4. The number of ketones is 2. The summed E-state index contributed by atoms with van der Waals surface area (Å²) in [5, 5.41) is 1.51. The van der Waals surface area contributed by atoms with E-state index in [1.165, 1.54) is 7.05 Å². The number of imide groups is 1. The van der Waals surface area contributed by atoms with Gasteiger partial charge in [0, 0.05) is 40.1 Å². The van der Waals surface area contributed by atoms with Gasteiger partial charge in [-0.1, -0.05) is 66.7 Å². The molecule has 0 spiro atoms. The van der Waals surface area contributed by atoms with Crippen molar-refractivity contribution in [1.82, 2.24) is 9.47 Å². The molecule has 0 bridgehead atoms. The first-order valence-corrected chi connectivity index (χ1v) is 13.2. The van der Waals surface area contributed by atoms with E-state index in [4.69, 9.17) is 0 Å². The van der Waals surface area contributed by atoms with Crippen LogP contribution in [0.25, 0.3) is 27.5 Å². The largest absolute Gasteiger partial charge is 0.308 e. The minimum absolute atomic E-state index is 0.118. The highest BCUT2D eigenvalue weighted by Crippen LogP contribution is 2.37. The number of rotatable bonds is 5. The van der Waals surface area contributed by atoms with Crippen LogP contribution in [-0.4, -0.2) is 39.9 Å². The molecule has 5 aromatic carbocycles. The smallest absolute Gasteiger partial charge is 0.263 e. The van der Waals surface area contributed by atoms with Gasteiger partial charge in [-0.15, -0.1) is 0 Å². The third-order valence-corrected chi connectivity index (χ3v) is 7.70. The molecule has 7 rings (SSSR count). The van der Waals surface area contributed by atoms with Crippen LogP contribution < -0.4 is 0 Å². The van der Waals surface area contributed by atoms with Gasteiger partial charge in [0.05, 0.1) is 27.8 Å². The highest BCUT2D eigenvalue weighted by Gasteiger charge is 2.36. The standard InChI is InChI=1S/C35H22N2O4/c1-36-34(40)25-13-8-14-30(31(25)35(36)41)37-28-17-15-23(32(38)21-9-4-2-5-10-21)19-26(28)27-20-24(16-18-29(27)37)33(39)22-11-6-3-7-12-22/h2-20H,1H3. The maximum Gasteiger partial charge on any atom is 0.263 e. The summed E-state index contributed by atoms with van der Waals surface area (Å²) in [6.45, 7) is 0. The SMILES string of the molecule is CN1C(=O)c2cccc(-n3c4ccc(C(=O)c5ccccc5)cc4c4cc(C(=O)c5ccccc5)ccc43)c2C1=O. The maximum atomic E-state index is 13.4. The fraction of sp³-hybridized carbons (Fsp3) is 0.0286. The summed E-state index contributed by atoms with van der Waals surface area (Å²) in [5.74, 6) is -0.956. The maximum absolute atomic E-state index is 13.4. The van der Waals surface area contributed by atoms with Gasteiger partial charge < -0.3 is 4.57 Å². The monoisotopic (exact) mass is 534 g/mol. The molecule has 41 heavy (non-hydrogen) atoms. The van der Waals surface area contributed by atoms with Gasteiger partial charge in [-0.2, -0.15) is 0 Å². The van der Waals surface area contributed by atoms with Crippen molar-refractivity contribution >= 4 is 45.2 Å². The summed E-state index contributed by atoms with van der Waals surface area (Å²) in [6.07, 6.45) is 0. The number of amides is 2. The van der Waals surface area contributed by atoms with Crippen molar-refractivity contribution in [1.29, 1.82) is 0 Å².